The number of furan rings is 1. The quantitative estimate of drug-likeness (QED) is 0.868. The van der Waals surface area contributed by atoms with Crippen LogP contribution in [0, 0.1) is 6.92 Å². The maximum absolute atomic E-state index is 5.80. The Hall–Kier alpha value is -0.280. The summed E-state index contributed by atoms with van der Waals surface area (Å²) in [5, 5.41) is 0. The fourth-order valence-corrected chi connectivity index (χ4v) is 2.60. The standard InChI is InChI=1S/C10H14BrNO/c1-7-5-8(11)13-9(7)10(6-12)3-2-4-10/h5H,2-4,6,12H2,1H3. The third kappa shape index (κ3) is 1.34. The van der Waals surface area contributed by atoms with Gasteiger partial charge in [-0.3, -0.25) is 0 Å². The van der Waals surface area contributed by atoms with E-state index in [0.29, 0.717) is 6.54 Å². The van der Waals surface area contributed by atoms with Gasteiger partial charge in [0.25, 0.3) is 0 Å². The molecule has 2 nitrogen and oxygen atoms in total. The Morgan fingerprint density at radius 1 is 1.62 bits per heavy atom. The van der Waals surface area contributed by atoms with E-state index < -0.39 is 0 Å². The lowest BCUT2D eigenvalue weighted by Gasteiger charge is -2.39. The van der Waals surface area contributed by atoms with Gasteiger partial charge in [-0.15, -0.1) is 0 Å². The van der Waals surface area contributed by atoms with Gasteiger partial charge >= 0.3 is 0 Å². The molecule has 1 heterocycles. The smallest absolute Gasteiger partial charge is 0.169 e. The molecule has 2 rings (SSSR count). The predicted octanol–water partition coefficient (Wildman–Crippen LogP) is 2.73. The molecular formula is C10H14BrNO. The molecule has 72 valence electrons. The van der Waals surface area contributed by atoms with Gasteiger partial charge < -0.3 is 10.2 Å². The summed E-state index contributed by atoms with van der Waals surface area (Å²) in [4.78, 5) is 0. The Labute approximate surface area is 86.6 Å². The molecule has 0 radical (unpaired) electrons. The second-order valence-electron chi connectivity index (χ2n) is 3.90. The van der Waals surface area contributed by atoms with E-state index in [2.05, 4.69) is 22.9 Å². The SMILES string of the molecule is Cc1cc(Br)oc1C1(CN)CCC1. The number of hydrogen-bond donors (Lipinski definition) is 1. The van der Waals surface area contributed by atoms with E-state index in [4.69, 9.17) is 10.2 Å². The summed E-state index contributed by atoms with van der Waals surface area (Å²) in [6, 6.07) is 2.02. The predicted molar refractivity (Wildman–Crippen MR) is 55.7 cm³/mol. The lowest BCUT2D eigenvalue weighted by molar-refractivity contribution is 0.204. The van der Waals surface area contributed by atoms with Crippen molar-refractivity contribution in [3.8, 4) is 0 Å². The lowest BCUT2D eigenvalue weighted by Crippen LogP contribution is -2.41. The van der Waals surface area contributed by atoms with E-state index in [1.807, 2.05) is 6.07 Å². The molecule has 1 aromatic heterocycles. The fourth-order valence-electron chi connectivity index (χ4n) is 2.10. The van der Waals surface area contributed by atoms with Crippen molar-refractivity contribution < 1.29 is 4.42 Å². The van der Waals surface area contributed by atoms with Gasteiger partial charge in [-0.05, 0) is 47.3 Å². The second-order valence-corrected chi connectivity index (χ2v) is 4.68. The zero-order valence-corrected chi connectivity index (χ0v) is 9.36. The molecule has 13 heavy (non-hydrogen) atoms. The molecule has 0 amide bonds. The third-order valence-corrected chi connectivity index (χ3v) is 3.46. The first kappa shape index (κ1) is 9.28. The molecule has 0 atom stereocenters. The van der Waals surface area contributed by atoms with Gasteiger partial charge in [0.15, 0.2) is 4.67 Å². The minimum absolute atomic E-state index is 0.149. The fraction of sp³-hybridized carbons (Fsp3) is 0.600. The monoisotopic (exact) mass is 243 g/mol. The number of hydrogen-bond acceptors (Lipinski definition) is 2. The van der Waals surface area contributed by atoms with Gasteiger partial charge in [0, 0.05) is 12.0 Å². The zero-order valence-electron chi connectivity index (χ0n) is 7.77. The van der Waals surface area contributed by atoms with Crippen LogP contribution in [0.15, 0.2) is 15.2 Å². The summed E-state index contributed by atoms with van der Waals surface area (Å²) < 4.78 is 6.47. The van der Waals surface area contributed by atoms with Gasteiger partial charge in [-0.1, -0.05) is 6.42 Å². The Kier molecular flexibility index (Phi) is 2.24. The van der Waals surface area contributed by atoms with E-state index in [0.717, 1.165) is 10.4 Å². The molecule has 0 bridgehead atoms. The van der Waals surface area contributed by atoms with Gasteiger partial charge in [0.1, 0.15) is 5.76 Å². The van der Waals surface area contributed by atoms with Crippen LogP contribution in [0.1, 0.15) is 30.6 Å². The minimum Gasteiger partial charge on any atom is -0.453 e. The highest BCUT2D eigenvalue weighted by molar-refractivity contribution is 9.10. The maximum Gasteiger partial charge on any atom is 0.169 e. The largest absolute Gasteiger partial charge is 0.453 e. The van der Waals surface area contributed by atoms with Crippen molar-refractivity contribution in [2.45, 2.75) is 31.6 Å². The highest BCUT2D eigenvalue weighted by Crippen LogP contribution is 2.45. The molecule has 1 aliphatic rings. The summed E-state index contributed by atoms with van der Waals surface area (Å²) >= 11 is 3.35. The summed E-state index contributed by atoms with van der Waals surface area (Å²) in [5.41, 5.74) is 7.17. The van der Waals surface area contributed by atoms with Gasteiger partial charge in [0.05, 0.1) is 0 Å². The van der Waals surface area contributed by atoms with E-state index in [1.54, 1.807) is 0 Å². The highest BCUT2D eigenvalue weighted by Gasteiger charge is 2.41. The van der Waals surface area contributed by atoms with Crippen molar-refractivity contribution in [3.63, 3.8) is 0 Å². The molecule has 1 aliphatic carbocycles. The van der Waals surface area contributed by atoms with Gasteiger partial charge in [-0.25, -0.2) is 0 Å². The van der Waals surface area contributed by atoms with Crippen LogP contribution in [0.5, 0.6) is 0 Å². The highest BCUT2D eigenvalue weighted by atomic mass is 79.9. The van der Waals surface area contributed by atoms with Crippen molar-refractivity contribution in [1.82, 2.24) is 0 Å². The van der Waals surface area contributed by atoms with E-state index in [1.165, 1.54) is 24.8 Å². The molecule has 0 saturated heterocycles. The molecule has 0 aromatic carbocycles. The Morgan fingerprint density at radius 3 is 2.62 bits per heavy atom. The van der Waals surface area contributed by atoms with Crippen molar-refractivity contribution in [1.29, 1.82) is 0 Å². The van der Waals surface area contributed by atoms with E-state index in [-0.39, 0.29) is 5.41 Å². The van der Waals surface area contributed by atoms with Crippen LogP contribution >= 0.6 is 15.9 Å². The Balaban J connectivity index is 2.37. The van der Waals surface area contributed by atoms with Crippen molar-refractivity contribution >= 4 is 15.9 Å². The molecule has 1 aromatic rings. The normalized spacial score (nSPS) is 19.9. The Bertz CT molecular complexity index is 309. The molecule has 0 spiro atoms. The topological polar surface area (TPSA) is 39.2 Å². The number of aryl methyl sites for hydroxylation is 1. The molecule has 0 unspecified atom stereocenters. The molecular weight excluding hydrogens is 230 g/mol. The summed E-state index contributed by atoms with van der Waals surface area (Å²) in [7, 11) is 0. The van der Waals surface area contributed by atoms with Crippen molar-refractivity contribution in [2.75, 3.05) is 6.54 Å². The molecule has 3 heteroatoms. The van der Waals surface area contributed by atoms with Crippen LogP contribution < -0.4 is 5.73 Å². The number of halogens is 1. The minimum atomic E-state index is 0.149. The molecule has 1 fully saturated rings. The summed E-state index contributed by atoms with van der Waals surface area (Å²) in [6.45, 7) is 2.78. The first-order valence-corrected chi connectivity index (χ1v) is 5.44. The number of rotatable bonds is 2. The summed E-state index contributed by atoms with van der Waals surface area (Å²) in [6.07, 6.45) is 3.61. The van der Waals surface area contributed by atoms with Crippen LogP contribution in [-0.2, 0) is 5.41 Å². The van der Waals surface area contributed by atoms with E-state index in [9.17, 15) is 0 Å². The molecule has 2 N–H and O–H groups in total. The summed E-state index contributed by atoms with van der Waals surface area (Å²) in [5.74, 6) is 1.09. The second kappa shape index (κ2) is 3.14. The number of nitrogens with two attached hydrogens (primary N) is 1. The van der Waals surface area contributed by atoms with Crippen LogP contribution in [0.25, 0.3) is 0 Å². The van der Waals surface area contributed by atoms with Crippen LogP contribution in [0.4, 0.5) is 0 Å². The zero-order chi connectivity index (χ0) is 9.47. The Morgan fingerprint density at radius 2 is 2.31 bits per heavy atom. The maximum atomic E-state index is 5.80. The average molecular weight is 244 g/mol. The van der Waals surface area contributed by atoms with Crippen LogP contribution in [0.2, 0.25) is 0 Å². The van der Waals surface area contributed by atoms with Crippen LogP contribution in [-0.4, -0.2) is 6.54 Å². The van der Waals surface area contributed by atoms with Gasteiger partial charge in [0.2, 0.25) is 0 Å². The van der Waals surface area contributed by atoms with Crippen LogP contribution in [0.3, 0.4) is 0 Å². The first-order chi connectivity index (χ1) is 6.18. The van der Waals surface area contributed by atoms with E-state index >= 15 is 0 Å². The van der Waals surface area contributed by atoms with Crippen molar-refractivity contribution in [3.05, 3.63) is 22.1 Å². The first-order valence-electron chi connectivity index (χ1n) is 4.64. The third-order valence-electron chi connectivity index (χ3n) is 3.07. The van der Waals surface area contributed by atoms with Gasteiger partial charge in [-0.2, -0.15) is 0 Å². The van der Waals surface area contributed by atoms with Crippen molar-refractivity contribution in [2.24, 2.45) is 5.73 Å². The molecule has 0 aliphatic heterocycles. The molecule has 1 saturated carbocycles. The lowest BCUT2D eigenvalue weighted by atomic mass is 9.66. The average Bonchev–Trinajstić information content (AvgIpc) is 2.30.